The van der Waals surface area contributed by atoms with Crippen LogP contribution in [-0.4, -0.2) is 16.1 Å². The molecule has 0 fully saturated rings. The summed E-state index contributed by atoms with van der Waals surface area (Å²) in [7, 11) is 1.61. The third kappa shape index (κ3) is 3.17. The van der Waals surface area contributed by atoms with Crippen LogP contribution in [0.5, 0.6) is 5.75 Å². The zero-order chi connectivity index (χ0) is 21.5. The molecule has 154 valence electrons. The highest BCUT2D eigenvalue weighted by Gasteiger charge is 2.20. The highest BCUT2D eigenvalue weighted by molar-refractivity contribution is 7.73. The molecule has 0 N–H and O–H groups in total. The Morgan fingerprint density at radius 2 is 1.71 bits per heavy atom. The lowest BCUT2D eigenvalue weighted by Crippen LogP contribution is -2.24. The molecule has 0 saturated heterocycles. The van der Waals surface area contributed by atoms with Gasteiger partial charge in [-0.1, -0.05) is 42.5 Å². The van der Waals surface area contributed by atoms with Gasteiger partial charge in [0.05, 0.1) is 29.4 Å². The topological polar surface area (TPSA) is 35.6 Å². The van der Waals surface area contributed by atoms with Crippen molar-refractivity contribution in [3.63, 3.8) is 0 Å². The van der Waals surface area contributed by atoms with Crippen molar-refractivity contribution >= 4 is 40.1 Å². The third-order valence-electron chi connectivity index (χ3n) is 5.30. The Morgan fingerprint density at radius 1 is 1.00 bits per heavy atom. The van der Waals surface area contributed by atoms with E-state index in [1.165, 1.54) is 17.4 Å². The molecule has 0 aliphatic carbocycles. The summed E-state index contributed by atoms with van der Waals surface area (Å²) in [6.45, 7) is 0.0908. The van der Waals surface area contributed by atoms with Crippen molar-refractivity contribution in [1.29, 1.82) is 0 Å². The van der Waals surface area contributed by atoms with Gasteiger partial charge in [-0.3, -0.25) is 13.8 Å². The Hall–Kier alpha value is -3.29. The van der Waals surface area contributed by atoms with Crippen LogP contribution in [0.4, 0.5) is 4.39 Å². The van der Waals surface area contributed by atoms with Gasteiger partial charge in [-0.2, -0.15) is 0 Å². The Balaban J connectivity index is 1.94. The second kappa shape index (κ2) is 7.76. The molecule has 0 unspecified atom stereocenters. The zero-order valence-electron chi connectivity index (χ0n) is 16.5. The number of fused-ring (bicyclic) bond motifs is 3. The van der Waals surface area contributed by atoms with Gasteiger partial charge in [-0.05, 0) is 42.5 Å². The van der Waals surface area contributed by atoms with Crippen molar-refractivity contribution in [1.82, 2.24) is 8.97 Å². The fraction of sp³-hybridized carbons (Fsp3) is 0.0833. The number of methoxy groups -OCH3 is 1. The van der Waals surface area contributed by atoms with E-state index >= 15 is 0 Å². The molecule has 31 heavy (non-hydrogen) atoms. The van der Waals surface area contributed by atoms with Crippen LogP contribution >= 0.6 is 23.6 Å². The van der Waals surface area contributed by atoms with Crippen LogP contribution in [0.3, 0.4) is 0 Å². The Bertz CT molecular complexity index is 1570. The van der Waals surface area contributed by atoms with Gasteiger partial charge in [0.15, 0.2) is 3.95 Å². The molecule has 5 aromatic rings. The predicted molar refractivity (Wildman–Crippen MR) is 125 cm³/mol. The molecule has 0 radical (unpaired) electrons. The minimum atomic E-state index is -0.353. The maximum Gasteiger partial charge on any atom is 0.261 e. The number of para-hydroxylation sites is 2. The van der Waals surface area contributed by atoms with E-state index in [0.717, 1.165) is 16.0 Å². The predicted octanol–water partition coefficient (Wildman–Crippen LogP) is 5.91. The molecule has 0 saturated carbocycles. The SMILES string of the molecule is COc1ccccc1-c1sc(=S)n2c3ccccc3c(=O)n(Cc3ccccc3F)c12. The number of hydrogen-bond acceptors (Lipinski definition) is 4. The number of hydrogen-bond donors (Lipinski definition) is 0. The summed E-state index contributed by atoms with van der Waals surface area (Å²) in [6.07, 6.45) is 0. The molecule has 5 rings (SSSR count). The van der Waals surface area contributed by atoms with Crippen molar-refractivity contribution in [2.24, 2.45) is 0 Å². The highest BCUT2D eigenvalue weighted by atomic mass is 32.1. The first kappa shape index (κ1) is 19.7. The van der Waals surface area contributed by atoms with Crippen molar-refractivity contribution in [2.75, 3.05) is 7.11 Å². The van der Waals surface area contributed by atoms with Gasteiger partial charge in [0, 0.05) is 11.1 Å². The fourth-order valence-corrected chi connectivity index (χ4v) is 5.32. The van der Waals surface area contributed by atoms with Gasteiger partial charge in [0.1, 0.15) is 17.2 Å². The number of ether oxygens (including phenoxy) is 1. The molecule has 0 aliphatic rings. The van der Waals surface area contributed by atoms with E-state index in [-0.39, 0.29) is 17.9 Å². The van der Waals surface area contributed by atoms with E-state index in [2.05, 4.69) is 0 Å². The molecule has 7 heteroatoms. The molecule has 0 spiro atoms. The maximum absolute atomic E-state index is 14.5. The minimum absolute atomic E-state index is 0.0908. The zero-order valence-corrected chi connectivity index (χ0v) is 18.2. The third-order valence-corrected chi connectivity index (χ3v) is 6.70. The van der Waals surface area contributed by atoms with E-state index in [0.29, 0.717) is 26.3 Å². The number of aromatic nitrogens is 2. The molecule has 4 nitrogen and oxygen atoms in total. The molecule has 2 aromatic heterocycles. The van der Waals surface area contributed by atoms with Crippen molar-refractivity contribution in [3.05, 3.63) is 98.5 Å². The van der Waals surface area contributed by atoms with E-state index in [4.69, 9.17) is 17.0 Å². The van der Waals surface area contributed by atoms with Gasteiger partial charge in [0.25, 0.3) is 5.56 Å². The number of nitrogens with zero attached hydrogens (tertiary/aromatic N) is 2. The Kier molecular flexibility index (Phi) is 4.92. The molecule has 2 heterocycles. The Morgan fingerprint density at radius 3 is 2.52 bits per heavy atom. The average molecular weight is 449 g/mol. The Labute approximate surface area is 186 Å². The van der Waals surface area contributed by atoms with E-state index in [9.17, 15) is 9.18 Å². The number of benzene rings is 3. The van der Waals surface area contributed by atoms with Crippen LogP contribution in [0.15, 0.2) is 77.6 Å². The second-order valence-corrected chi connectivity index (χ2v) is 8.70. The van der Waals surface area contributed by atoms with Crippen LogP contribution in [-0.2, 0) is 6.54 Å². The summed E-state index contributed by atoms with van der Waals surface area (Å²) >= 11 is 7.13. The summed E-state index contributed by atoms with van der Waals surface area (Å²) in [5.74, 6) is 0.327. The molecular formula is C24H17FN2O2S2. The first-order valence-electron chi connectivity index (χ1n) is 9.64. The normalized spacial score (nSPS) is 11.3. The van der Waals surface area contributed by atoms with Gasteiger partial charge in [-0.25, -0.2) is 4.39 Å². The summed E-state index contributed by atoms with van der Waals surface area (Å²) in [5.41, 5.74) is 2.44. The van der Waals surface area contributed by atoms with Crippen LogP contribution in [0.2, 0.25) is 0 Å². The van der Waals surface area contributed by atoms with Gasteiger partial charge in [-0.15, -0.1) is 11.3 Å². The van der Waals surface area contributed by atoms with Crippen LogP contribution < -0.4 is 10.3 Å². The molecule has 0 aliphatic heterocycles. The first-order valence-corrected chi connectivity index (χ1v) is 10.9. The fourth-order valence-electron chi connectivity index (χ4n) is 3.86. The number of thiazole rings is 1. The number of halogens is 1. The smallest absolute Gasteiger partial charge is 0.261 e. The number of rotatable bonds is 4. The molecule has 0 bridgehead atoms. The first-order chi connectivity index (χ1) is 15.1. The highest BCUT2D eigenvalue weighted by Crippen LogP contribution is 2.38. The molecular weight excluding hydrogens is 431 g/mol. The monoisotopic (exact) mass is 448 g/mol. The van der Waals surface area contributed by atoms with Crippen LogP contribution in [0.25, 0.3) is 27.0 Å². The lowest BCUT2D eigenvalue weighted by molar-refractivity contribution is 0.416. The second-order valence-electron chi connectivity index (χ2n) is 7.06. The molecule has 3 aromatic carbocycles. The lowest BCUT2D eigenvalue weighted by atomic mass is 10.1. The summed E-state index contributed by atoms with van der Waals surface area (Å²) in [5, 5.41) is 0.534. The van der Waals surface area contributed by atoms with Gasteiger partial charge < -0.3 is 4.74 Å². The van der Waals surface area contributed by atoms with E-state index in [1.54, 1.807) is 35.9 Å². The van der Waals surface area contributed by atoms with Crippen LogP contribution in [0, 0.1) is 9.77 Å². The van der Waals surface area contributed by atoms with Crippen molar-refractivity contribution in [2.45, 2.75) is 6.54 Å². The standard InChI is InChI=1S/C24H17FN2O2S2/c1-29-20-13-7-4-10-17(20)21-22-26(14-15-8-2-5-11-18(15)25)23(28)16-9-3-6-12-19(16)27(22)24(30)31-21/h2-13H,14H2,1H3. The average Bonchev–Trinajstić information content (AvgIpc) is 3.14. The maximum atomic E-state index is 14.5. The van der Waals surface area contributed by atoms with Crippen LogP contribution in [0.1, 0.15) is 5.56 Å². The summed E-state index contributed by atoms with van der Waals surface area (Å²) < 4.78 is 24.2. The lowest BCUT2D eigenvalue weighted by Gasteiger charge is -2.14. The molecule has 0 amide bonds. The van der Waals surface area contributed by atoms with Gasteiger partial charge >= 0.3 is 0 Å². The summed E-state index contributed by atoms with van der Waals surface area (Å²) in [6, 6.07) is 21.5. The quantitative estimate of drug-likeness (QED) is 0.321. The van der Waals surface area contributed by atoms with Gasteiger partial charge in [0.2, 0.25) is 0 Å². The minimum Gasteiger partial charge on any atom is -0.496 e. The van der Waals surface area contributed by atoms with E-state index in [1.807, 2.05) is 46.9 Å². The van der Waals surface area contributed by atoms with Crippen molar-refractivity contribution < 1.29 is 9.13 Å². The van der Waals surface area contributed by atoms with Crippen molar-refractivity contribution in [3.8, 4) is 16.2 Å². The molecule has 0 atom stereocenters. The van der Waals surface area contributed by atoms with E-state index < -0.39 is 0 Å². The largest absolute Gasteiger partial charge is 0.496 e. The summed E-state index contributed by atoms with van der Waals surface area (Å²) in [4.78, 5) is 14.4.